The highest BCUT2D eigenvalue weighted by Crippen LogP contribution is 2.19. The lowest BCUT2D eigenvalue weighted by Gasteiger charge is -2.29. The van der Waals surface area contributed by atoms with Gasteiger partial charge in [-0.2, -0.15) is 0 Å². The van der Waals surface area contributed by atoms with Crippen molar-refractivity contribution in [3.63, 3.8) is 0 Å². The largest absolute Gasteiger partial charge is 0.323 e. The Hall–Kier alpha value is -0.610. The molecule has 1 rings (SSSR count). The van der Waals surface area contributed by atoms with Crippen LogP contribution in [0.4, 0.5) is 0 Å². The second-order valence-electron chi connectivity index (χ2n) is 5.37. The van der Waals surface area contributed by atoms with E-state index in [2.05, 4.69) is 45.1 Å². The normalized spacial score (nSPS) is 26.9. The van der Waals surface area contributed by atoms with Crippen molar-refractivity contribution in [1.29, 1.82) is 0 Å². The summed E-state index contributed by atoms with van der Waals surface area (Å²) in [7, 11) is 4.14. The maximum atomic E-state index is 12.2. The van der Waals surface area contributed by atoms with E-state index in [9.17, 15) is 4.79 Å². The molecule has 0 aromatic heterocycles. The summed E-state index contributed by atoms with van der Waals surface area (Å²) >= 11 is 0. The fourth-order valence-corrected chi connectivity index (χ4v) is 2.49. The molecular weight excluding hydrogens is 214 g/mol. The first-order chi connectivity index (χ1) is 7.97. The number of rotatable bonds is 6. The molecule has 4 heteroatoms. The van der Waals surface area contributed by atoms with Gasteiger partial charge in [0, 0.05) is 6.04 Å². The SMILES string of the molecule is CCCC1NC(C)N(C(C)CCN(C)C)C1=O. The van der Waals surface area contributed by atoms with Crippen LogP contribution >= 0.6 is 0 Å². The van der Waals surface area contributed by atoms with Crippen LogP contribution in [0.2, 0.25) is 0 Å². The summed E-state index contributed by atoms with van der Waals surface area (Å²) in [5.74, 6) is 0.283. The molecule has 1 saturated heterocycles. The first-order valence-corrected chi connectivity index (χ1v) is 6.70. The molecule has 17 heavy (non-hydrogen) atoms. The van der Waals surface area contributed by atoms with Crippen molar-refractivity contribution in [3.8, 4) is 0 Å². The van der Waals surface area contributed by atoms with Gasteiger partial charge in [0.1, 0.15) is 0 Å². The lowest BCUT2D eigenvalue weighted by atomic mass is 10.1. The van der Waals surface area contributed by atoms with E-state index >= 15 is 0 Å². The number of amides is 1. The third kappa shape index (κ3) is 3.68. The Bertz CT molecular complexity index is 255. The Morgan fingerprint density at radius 3 is 2.65 bits per heavy atom. The molecule has 1 heterocycles. The molecule has 3 unspecified atom stereocenters. The molecule has 1 amide bonds. The number of hydrogen-bond donors (Lipinski definition) is 1. The quantitative estimate of drug-likeness (QED) is 0.761. The maximum absolute atomic E-state index is 12.2. The van der Waals surface area contributed by atoms with E-state index in [-0.39, 0.29) is 18.1 Å². The lowest BCUT2D eigenvalue weighted by Crippen LogP contribution is -2.42. The minimum Gasteiger partial charge on any atom is -0.323 e. The van der Waals surface area contributed by atoms with E-state index in [0.717, 1.165) is 25.8 Å². The van der Waals surface area contributed by atoms with Crippen LogP contribution in [-0.2, 0) is 4.79 Å². The van der Waals surface area contributed by atoms with Crippen LogP contribution in [0.5, 0.6) is 0 Å². The molecule has 0 radical (unpaired) electrons. The Kier molecular flexibility index (Phi) is 5.40. The number of carbonyl (C=O) groups is 1. The van der Waals surface area contributed by atoms with Gasteiger partial charge >= 0.3 is 0 Å². The van der Waals surface area contributed by atoms with Crippen molar-refractivity contribution in [2.24, 2.45) is 0 Å². The van der Waals surface area contributed by atoms with Gasteiger partial charge in [-0.25, -0.2) is 0 Å². The summed E-state index contributed by atoms with van der Waals surface area (Å²) < 4.78 is 0. The van der Waals surface area contributed by atoms with E-state index < -0.39 is 0 Å². The van der Waals surface area contributed by atoms with E-state index in [4.69, 9.17) is 0 Å². The monoisotopic (exact) mass is 241 g/mol. The molecule has 4 nitrogen and oxygen atoms in total. The predicted molar refractivity (Wildman–Crippen MR) is 70.8 cm³/mol. The topological polar surface area (TPSA) is 35.6 Å². The fraction of sp³-hybridized carbons (Fsp3) is 0.923. The highest BCUT2D eigenvalue weighted by Gasteiger charge is 2.37. The number of nitrogens with zero attached hydrogens (tertiary/aromatic N) is 2. The molecule has 0 aliphatic carbocycles. The molecule has 1 aliphatic rings. The highest BCUT2D eigenvalue weighted by molar-refractivity contribution is 5.84. The minimum absolute atomic E-state index is 0.0387. The van der Waals surface area contributed by atoms with E-state index in [1.807, 2.05) is 4.90 Å². The standard InChI is InChI=1S/C13H27N3O/c1-6-7-12-13(17)16(11(3)14-12)10(2)8-9-15(4)5/h10-12,14H,6-9H2,1-5H3. The first-order valence-electron chi connectivity index (χ1n) is 6.70. The Labute approximate surface area is 105 Å². The van der Waals surface area contributed by atoms with Crippen LogP contribution in [0.15, 0.2) is 0 Å². The van der Waals surface area contributed by atoms with Gasteiger partial charge in [0.2, 0.25) is 5.91 Å². The van der Waals surface area contributed by atoms with Crippen molar-refractivity contribution in [2.45, 2.75) is 58.3 Å². The molecule has 100 valence electrons. The van der Waals surface area contributed by atoms with E-state index in [1.54, 1.807) is 0 Å². The van der Waals surface area contributed by atoms with Crippen LogP contribution in [0.25, 0.3) is 0 Å². The predicted octanol–water partition coefficient (Wildman–Crippen LogP) is 1.27. The summed E-state index contributed by atoms with van der Waals surface area (Å²) in [6, 6.07) is 0.353. The van der Waals surface area contributed by atoms with Crippen molar-refractivity contribution < 1.29 is 4.79 Å². The van der Waals surface area contributed by atoms with Gasteiger partial charge in [-0.3, -0.25) is 10.1 Å². The fourth-order valence-electron chi connectivity index (χ4n) is 2.49. The molecule has 1 N–H and O–H groups in total. The Morgan fingerprint density at radius 2 is 2.12 bits per heavy atom. The summed E-state index contributed by atoms with van der Waals surface area (Å²) in [6.45, 7) is 7.38. The second kappa shape index (κ2) is 6.36. The average Bonchev–Trinajstić information content (AvgIpc) is 2.52. The maximum Gasteiger partial charge on any atom is 0.241 e. The van der Waals surface area contributed by atoms with Gasteiger partial charge in [-0.15, -0.1) is 0 Å². The summed E-state index contributed by atoms with van der Waals surface area (Å²) in [5, 5.41) is 3.39. The minimum atomic E-state index is 0.0387. The third-order valence-electron chi connectivity index (χ3n) is 3.46. The third-order valence-corrected chi connectivity index (χ3v) is 3.46. The van der Waals surface area contributed by atoms with Crippen LogP contribution < -0.4 is 5.32 Å². The van der Waals surface area contributed by atoms with Gasteiger partial charge in [0.05, 0.1) is 12.2 Å². The zero-order valence-electron chi connectivity index (χ0n) is 11.9. The summed E-state index contributed by atoms with van der Waals surface area (Å²) in [6.07, 6.45) is 3.20. The molecule has 0 aromatic carbocycles. The lowest BCUT2D eigenvalue weighted by molar-refractivity contribution is -0.132. The van der Waals surface area contributed by atoms with Gasteiger partial charge in [0.25, 0.3) is 0 Å². The van der Waals surface area contributed by atoms with E-state index in [1.165, 1.54) is 0 Å². The van der Waals surface area contributed by atoms with Crippen molar-refractivity contribution in [2.75, 3.05) is 20.6 Å². The molecule has 0 saturated carbocycles. The van der Waals surface area contributed by atoms with Crippen LogP contribution in [0, 0.1) is 0 Å². The van der Waals surface area contributed by atoms with Gasteiger partial charge < -0.3 is 9.80 Å². The molecule has 0 aromatic rings. The van der Waals surface area contributed by atoms with Crippen molar-refractivity contribution in [3.05, 3.63) is 0 Å². The second-order valence-corrected chi connectivity index (χ2v) is 5.37. The van der Waals surface area contributed by atoms with Gasteiger partial charge in [0.15, 0.2) is 0 Å². The zero-order chi connectivity index (χ0) is 13.0. The molecule has 3 atom stereocenters. The van der Waals surface area contributed by atoms with Crippen LogP contribution in [0.1, 0.15) is 40.0 Å². The molecule has 1 fully saturated rings. The molecule has 1 aliphatic heterocycles. The summed E-state index contributed by atoms with van der Waals surface area (Å²) in [4.78, 5) is 16.4. The van der Waals surface area contributed by atoms with Crippen LogP contribution in [0.3, 0.4) is 0 Å². The van der Waals surface area contributed by atoms with Gasteiger partial charge in [-0.1, -0.05) is 13.3 Å². The van der Waals surface area contributed by atoms with Crippen molar-refractivity contribution >= 4 is 5.91 Å². The summed E-state index contributed by atoms with van der Waals surface area (Å²) in [5.41, 5.74) is 0. The molecular formula is C13H27N3O. The smallest absolute Gasteiger partial charge is 0.241 e. The van der Waals surface area contributed by atoms with Crippen molar-refractivity contribution in [1.82, 2.24) is 15.1 Å². The average molecular weight is 241 g/mol. The molecule has 0 bridgehead atoms. The Balaban J connectivity index is 2.54. The first kappa shape index (κ1) is 14.5. The van der Waals surface area contributed by atoms with Gasteiger partial charge in [-0.05, 0) is 47.3 Å². The molecule has 0 spiro atoms. The number of nitrogens with one attached hydrogen (secondary N) is 1. The zero-order valence-corrected chi connectivity index (χ0v) is 11.9. The Morgan fingerprint density at radius 1 is 1.47 bits per heavy atom. The number of carbonyl (C=O) groups excluding carboxylic acids is 1. The van der Waals surface area contributed by atoms with E-state index in [0.29, 0.717) is 6.04 Å². The van der Waals surface area contributed by atoms with Crippen LogP contribution in [-0.4, -0.2) is 54.6 Å². The highest BCUT2D eigenvalue weighted by atomic mass is 16.2. The number of hydrogen-bond acceptors (Lipinski definition) is 3.